The van der Waals surface area contributed by atoms with Crippen molar-refractivity contribution in [1.82, 2.24) is 34.9 Å². The third kappa shape index (κ3) is 3.85. The van der Waals surface area contributed by atoms with Gasteiger partial charge in [-0.1, -0.05) is 6.07 Å². The number of methoxy groups -OCH3 is 1. The molecule has 1 amide bonds. The number of nitrogens with one attached hydrogen (secondary N) is 1. The molecule has 5 unspecified atom stereocenters. The van der Waals surface area contributed by atoms with Crippen LogP contribution in [0.5, 0.6) is 5.88 Å². The summed E-state index contributed by atoms with van der Waals surface area (Å²) in [4.78, 5) is 34.4. The first-order valence-corrected chi connectivity index (χ1v) is 16.2. The zero-order valence-electron chi connectivity index (χ0n) is 26.8. The summed E-state index contributed by atoms with van der Waals surface area (Å²) >= 11 is 0. The van der Waals surface area contributed by atoms with E-state index in [-0.39, 0.29) is 16.9 Å². The third-order valence-electron chi connectivity index (χ3n) is 11.4. The molecule has 4 fully saturated rings. The van der Waals surface area contributed by atoms with E-state index in [9.17, 15) is 15.2 Å². The normalized spacial score (nSPS) is 26.4. The van der Waals surface area contributed by atoms with E-state index in [0.29, 0.717) is 57.5 Å². The van der Waals surface area contributed by atoms with Gasteiger partial charge in [0, 0.05) is 58.8 Å². The fraction of sp³-hybridized carbons (Fsp3) is 0.361. The fourth-order valence-corrected chi connectivity index (χ4v) is 9.27. The zero-order valence-corrected chi connectivity index (χ0v) is 26.8. The maximum atomic E-state index is 13.3. The number of aliphatic hydroxyl groups is 1. The van der Waals surface area contributed by atoms with Crippen molar-refractivity contribution in [3.63, 3.8) is 0 Å². The largest absolute Gasteiger partial charge is 0.481 e. The van der Waals surface area contributed by atoms with Crippen LogP contribution in [0.15, 0.2) is 67.5 Å². The molecule has 1 spiro atoms. The minimum atomic E-state index is -1.00. The standard InChI is InChI=1S/C36H33N9O3/c1-34(2,47)24-5-6-26(38-16-24)22-9-25(32-23(13-37)15-42-44(32)19-22)27-17-40-30(18-39-27)45-28-8-20-10-35(12-29(45)36(28,35)11-20)43-33(46)21-4-7-31(48-3)41-14-21/h4-7,9,14-20,28-29,47H,8,10-12H2,1-3H3,(H,43,46). The molecule has 0 aromatic carbocycles. The first-order valence-electron chi connectivity index (χ1n) is 16.2. The van der Waals surface area contributed by atoms with Gasteiger partial charge in [-0.05, 0) is 63.6 Å². The van der Waals surface area contributed by atoms with Gasteiger partial charge in [0.1, 0.15) is 11.9 Å². The van der Waals surface area contributed by atoms with Crippen LogP contribution in [0.2, 0.25) is 0 Å². The number of nitriles is 1. The van der Waals surface area contributed by atoms with E-state index < -0.39 is 5.60 Å². The predicted molar refractivity (Wildman–Crippen MR) is 175 cm³/mol. The monoisotopic (exact) mass is 639 g/mol. The molecular formula is C36H33N9O3. The van der Waals surface area contributed by atoms with E-state index in [2.05, 4.69) is 31.4 Å². The Hall–Kier alpha value is -5.41. The average molecular weight is 640 g/mol. The highest BCUT2D eigenvalue weighted by molar-refractivity contribution is 5.95. The molecule has 12 nitrogen and oxygen atoms in total. The molecule has 5 aromatic rings. The van der Waals surface area contributed by atoms with Gasteiger partial charge in [0.15, 0.2) is 0 Å². The molecule has 1 saturated heterocycles. The van der Waals surface area contributed by atoms with E-state index in [0.717, 1.165) is 42.6 Å². The highest BCUT2D eigenvalue weighted by atomic mass is 16.5. The number of amides is 1. The number of carbonyl (C=O) groups is 1. The lowest BCUT2D eigenvalue weighted by Crippen LogP contribution is -2.89. The maximum Gasteiger partial charge on any atom is 0.253 e. The number of piperidine rings is 1. The molecule has 12 heteroatoms. The Bertz CT molecular complexity index is 2150. The number of rotatable bonds is 7. The SMILES string of the molecule is COc1ccc(C(=O)NC23CC4CC5N(c6cnc(-c7cc(-c8ccc(C(C)(C)O)cn8)cn8ncc(C#N)c78)cn6)C(C2)C53C4)cn1. The highest BCUT2D eigenvalue weighted by Gasteiger charge is 2.84. The van der Waals surface area contributed by atoms with Crippen molar-refractivity contribution in [3.8, 4) is 34.5 Å². The van der Waals surface area contributed by atoms with Crippen LogP contribution >= 0.6 is 0 Å². The van der Waals surface area contributed by atoms with Gasteiger partial charge in [-0.2, -0.15) is 10.4 Å². The van der Waals surface area contributed by atoms with Gasteiger partial charge in [-0.3, -0.25) is 14.8 Å². The van der Waals surface area contributed by atoms with Crippen molar-refractivity contribution in [2.24, 2.45) is 11.3 Å². The van der Waals surface area contributed by atoms with Crippen molar-refractivity contribution in [3.05, 3.63) is 84.2 Å². The number of anilines is 1. The van der Waals surface area contributed by atoms with Gasteiger partial charge in [-0.25, -0.2) is 14.5 Å². The summed E-state index contributed by atoms with van der Waals surface area (Å²) in [5.74, 6) is 1.80. The molecule has 9 rings (SSSR count). The van der Waals surface area contributed by atoms with Crippen LogP contribution in [0.3, 0.4) is 0 Å². The molecule has 3 saturated carbocycles. The summed E-state index contributed by atoms with van der Waals surface area (Å²) in [5.41, 5.74) is 4.06. The van der Waals surface area contributed by atoms with Crippen molar-refractivity contribution < 1.29 is 14.6 Å². The van der Waals surface area contributed by atoms with Crippen molar-refractivity contribution >= 4 is 17.2 Å². The van der Waals surface area contributed by atoms with Crippen LogP contribution in [-0.4, -0.2) is 65.3 Å². The molecule has 2 bridgehead atoms. The molecule has 48 heavy (non-hydrogen) atoms. The van der Waals surface area contributed by atoms with E-state index in [1.165, 1.54) is 0 Å². The van der Waals surface area contributed by atoms with Crippen molar-refractivity contribution in [2.75, 3.05) is 12.0 Å². The Morgan fingerprint density at radius 3 is 2.56 bits per heavy atom. The second kappa shape index (κ2) is 9.81. The molecule has 6 heterocycles. The van der Waals surface area contributed by atoms with Gasteiger partial charge in [0.2, 0.25) is 5.88 Å². The van der Waals surface area contributed by atoms with Gasteiger partial charge >= 0.3 is 0 Å². The van der Waals surface area contributed by atoms with Crippen LogP contribution in [0, 0.1) is 22.7 Å². The molecule has 4 aliphatic rings. The van der Waals surface area contributed by atoms with E-state index in [1.807, 2.05) is 30.6 Å². The lowest BCUT2D eigenvalue weighted by molar-refractivity contribution is -0.117. The fourth-order valence-electron chi connectivity index (χ4n) is 9.27. The predicted octanol–water partition coefficient (Wildman–Crippen LogP) is 4.29. The van der Waals surface area contributed by atoms with Gasteiger partial charge in [0.25, 0.3) is 5.91 Å². The van der Waals surface area contributed by atoms with Crippen molar-refractivity contribution in [1.29, 1.82) is 5.26 Å². The van der Waals surface area contributed by atoms with Crippen LogP contribution in [0.4, 0.5) is 5.82 Å². The first kappa shape index (κ1) is 28.8. The topological polar surface area (TPSA) is 154 Å². The molecule has 2 N–H and O–H groups in total. The van der Waals surface area contributed by atoms with Crippen LogP contribution in [0.25, 0.3) is 28.0 Å². The van der Waals surface area contributed by atoms with Crippen LogP contribution < -0.4 is 15.0 Å². The number of fused-ring (bicyclic) bond motifs is 2. The second-order valence-electron chi connectivity index (χ2n) is 14.2. The molecule has 0 radical (unpaired) electrons. The number of pyridine rings is 3. The lowest BCUT2D eigenvalue weighted by atomic mass is 9.43. The quantitative estimate of drug-likeness (QED) is 0.264. The van der Waals surface area contributed by atoms with Crippen LogP contribution in [-0.2, 0) is 5.60 Å². The zero-order chi connectivity index (χ0) is 33.0. The minimum absolute atomic E-state index is 0.0567. The average Bonchev–Trinajstić information content (AvgIpc) is 3.76. The van der Waals surface area contributed by atoms with Gasteiger partial charge in [0.05, 0.1) is 64.9 Å². The molecule has 240 valence electrons. The van der Waals surface area contributed by atoms with E-state index in [4.69, 9.17) is 14.7 Å². The molecule has 3 aliphatic carbocycles. The number of hydrogen-bond acceptors (Lipinski definition) is 10. The smallest absolute Gasteiger partial charge is 0.253 e. The highest BCUT2D eigenvalue weighted by Crippen LogP contribution is 2.78. The van der Waals surface area contributed by atoms with Crippen LogP contribution in [0.1, 0.15) is 61.0 Å². The summed E-state index contributed by atoms with van der Waals surface area (Å²) in [7, 11) is 1.56. The lowest BCUT2D eigenvalue weighted by Gasteiger charge is -2.77. The summed E-state index contributed by atoms with van der Waals surface area (Å²) in [5, 5.41) is 28.1. The molecule has 1 aliphatic heterocycles. The first-order chi connectivity index (χ1) is 23.1. The second-order valence-corrected chi connectivity index (χ2v) is 14.2. The number of nitrogens with zero attached hydrogens (tertiary/aromatic N) is 8. The van der Waals surface area contributed by atoms with Crippen molar-refractivity contribution in [2.45, 2.75) is 62.8 Å². The molecule has 5 atom stereocenters. The Kier molecular flexibility index (Phi) is 5.88. The number of aromatic nitrogens is 6. The van der Waals surface area contributed by atoms with Gasteiger partial charge < -0.3 is 20.1 Å². The molecular weight excluding hydrogens is 606 g/mol. The third-order valence-corrected chi connectivity index (χ3v) is 11.4. The number of hydrogen-bond donors (Lipinski definition) is 2. The van der Waals surface area contributed by atoms with Gasteiger partial charge in [-0.15, -0.1) is 0 Å². The minimum Gasteiger partial charge on any atom is -0.481 e. The summed E-state index contributed by atoms with van der Waals surface area (Å²) < 4.78 is 6.84. The molecule has 5 aromatic heterocycles. The number of ether oxygens (including phenoxy) is 1. The summed E-state index contributed by atoms with van der Waals surface area (Å²) in [6, 6.07) is 12.0. The summed E-state index contributed by atoms with van der Waals surface area (Å²) in [6.45, 7) is 3.45. The Morgan fingerprint density at radius 1 is 1.02 bits per heavy atom. The Labute approximate surface area is 276 Å². The van der Waals surface area contributed by atoms with E-state index >= 15 is 0 Å². The van der Waals surface area contributed by atoms with E-state index in [1.54, 1.807) is 62.4 Å². The Balaban J connectivity index is 0.999. The number of carbonyl (C=O) groups excluding carboxylic acids is 1. The Morgan fingerprint density at radius 2 is 1.88 bits per heavy atom. The maximum absolute atomic E-state index is 13.3. The summed E-state index contributed by atoms with van der Waals surface area (Å²) in [6.07, 6.45) is 14.3.